The molecule has 2 aromatic rings. The topological polar surface area (TPSA) is 42.0 Å². The van der Waals surface area contributed by atoms with E-state index < -0.39 is 0 Å². The predicted molar refractivity (Wildman–Crippen MR) is 103 cm³/mol. The van der Waals surface area contributed by atoms with E-state index in [1.165, 1.54) is 38.5 Å². The lowest BCUT2D eigenvalue weighted by Crippen LogP contribution is -2.49. The van der Waals surface area contributed by atoms with Crippen molar-refractivity contribution in [2.75, 3.05) is 5.32 Å². The van der Waals surface area contributed by atoms with Crippen LogP contribution in [0.25, 0.3) is 0 Å². The third-order valence-corrected chi connectivity index (χ3v) is 7.00. The number of pyridine rings is 1. The summed E-state index contributed by atoms with van der Waals surface area (Å²) in [5.41, 5.74) is 4.08. The smallest absolute Gasteiger partial charge is 0.255 e. The monoisotopic (exact) mass is 346 g/mol. The molecule has 4 saturated carbocycles. The van der Waals surface area contributed by atoms with Crippen LogP contribution in [0.5, 0.6) is 0 Å². The van der Waals surface area contributed by atoms with E-state index in [2.05, 4.69) is 11.4 Å². The number of aryl methyl sites for hydroxylation is 1. The summed E-state index contributed by atoms with van der Waals surface area (Å²) in [6.45, 7) is 2.02. The van der Waals surface area contributed by atoms with Crippen LogP contribution in [-0.4, -0.2) is 10.9 Å². The zero-order chi connectivity index (χ0) is 17.7. The minimum Gasteiger partial charge on any atom is -0.322 e. The Kier molecular flexibility index (Phi) is 3.66. The van der Waals surface area contributed by atoms with Gasteiger partial charge in [0.15, 0.2) is 0 Å². The Hall–Kier alpha value is -2.16. The molecule has 6 rings (SSSR count). The Balaban J connectivity index is 1.43. The van der Waals surface area contributed by atoms with Crippen molar-refractivity contribution in [1.82, 2.24) is 4.98 Å². The summed E-state index contributed by atoms with van der Waals surface area (Å²) < 4.78 is 0. The zero-order valence-corrected chi connectivity index (χ0v) is 15.4. The molecule has 1 heterocycles. The van der Waals surface area contributed by atoms with Crippen LogP contribution in [0.15, 0.2) is 42.6 Å². The molecule has 4 aliphatic rings. The van der Waals surface area contributed by atoms with E-state index in [1.807, 2.05) is 43.5 Å². The number of nitrogens with zero attached hydrogens (tertiary/aromatic N) is 1. The molecule has 0 atom stereocenters. The number of carbonyl (C=O) groups excluding carboxylic acids is 1. The molecule has 1 aromatic carbocycles. The molecular formula is C23H26N2O. The van der Waals surface area contributed by atoms with Crippen molar-refractivity contribution in [3.8, 4) is 0 Å². The largest absolute Gasteiger partial charge is 0.322 e. The maximum Gasteiger partial charge on any atom is 0.255 e. The van der Waals surface area contributed by atoms with E-state index in [0.29, 0.717) is 0 Å². The molecule has 3 nitrogen and oxygen atoms in total. The van der Waals surface area contributed by atoms with Crippen LogP contribution in [0, 0.1) is 24.7 Å². The lowest BCUT2D eigenvalue weighted by molar-refractivity contribution is -0.00721. The summed E-state index contributed by atoms with van der Waals surface area (Å²) in [5.74, 6) is 2.61. The fraction of sp³-hybridized carbons (Fsp3) is 0.478. The lowest BCUT2D eigenvalue weighted by Gasteiger charge is -2.56. The highest BCUT2D eigenvalue weighted by Crippen LogP contribution is 2.60. The molecule has 134 valence electrons. The van der Waals surface area contributed by atoms with Gasteiger partial charge in [-0.15, -0.1) is 0 Å². The Labute approximate surface area is 155 Å². The van der Waals surface area contributed by atoms with E-state index in [9.17, 15) is 4.79 Å². The molecule has 0 unspecified atom stereocenters. The van der Waals surface area contributed by atoms with Gasteiger partial charge in [-0.05, 0) is 87.0 Å². The van der Waals surface area contributed by atoms with Crippen molar-refractivity contribution in [1.29, 1.82) is 0 Å². The van der Waals surface area contributed by atoms with Crippen molar-refractivity contribution >= 4 is 11.6 Å². The molecule has 1 aromatic heterocycles. The number of nitrogens with one attached hydrogen (secondary N) is 1. The summed E-state index contributed by atoms with van der Waals surface area (Å²) in [6, 6.07) is 11.8. The van der Waals surface area contributed by atoms with E-state index in [0.717, 1.165) is 40.3 Å². The van der Waals surface area contributed by atoms with E-state index in [4.69, 9.17) is 4.98 Å². The number of rotatable bonds is 3. The molecule has 26 heavy (non-hydrogen) atoms. The van der Waals surface area contributed by atoms with Crippen molar-refractivity contribution in [2.24, 2.45) is 17.8 Å². The van der Waals surface area contributed by atoms with Crippen molar-refractivity contribution in [3.63, 3.8) is 0 Å². The third kappa shape index (κ3) is 2.65. The number of hydrogen-bond donors (Lipinski definition) is 1. The lowest BCUT2D eigenvalue weighted by atomic mass is 9.48. The van der Waals surface area contributed by atoms with Crippen LogP contribution >= 0.6 is 0 Å². The van der Waals surface area contributed by atoms with Gasteiger partial charge < -0.3 is 5.32 Å². The molecule has 0 spiro atoms. The fourth-order valence-electron chi connectivity index (χ4n) is 6.19. The first-order valence-corrected chi connectivity index (χ1v) is 9.95. The molecule has 0 aliphatic heterocycles. The number of anilines is 1. The molecule has 3 heteroatoms. The number of para-hydroxylation sites is 1. The second-order valence-corrected chi connectivity index (χ2v) is 8.90. The van der Waals surface area contributed by atoms with Crippen LogP contribution in [0.4, 0.5) is 5.69 Å². The van der Waals surface area contributed by atoms with Gasteiger partial charge in [-0.3, -0.25) is 9.78 Å². The minimum atomic E-state index is -0.0346. The van der Waals surface area contributed by atoms with Gasteiger partial charge in [-0.2, -0.15) is 0 Å². The third-order valence-electron chi connectivity index (χ3n) is 7.00. The number of carbonyl (C=O) groups is 1. The maximum atomic E-state index is 12.8. The number of amides is 1. The summed E-state index contributed by atoms with van der Waals surface area (Å²) >= 11 is 0. The van der Waals surface area contributed by atoms with Gasteiger partial charge in [0.2, 0.25) is 0 Å². The SMILES string of the molecule is Cc1ccccc1NC(=O)c1ccnc(C23CC4CC(CC(C4)C2)C3)c1. The summed E-state index contributed by atoms with van der Waals surface area (Å²) in [7, 11) is 0. The fourth-order valence-corrected chi connectivity index (χ4v) is 6.19. The molecule has 0 radical (unpaired) electrons. The van der Waals surface area contributed by atoms with Gasteiger partial charge in [0.05, 0.1) is 0 Å². The van der Waals surface area contributed by atoms with Crippen LogP contribution in [0.3, 0.4) is 0 Å². The van der Waals surface area contributed by atoms with Crippen LogP contribution in [-0.2, 0) is 5.41 Å². The Morgan fingerprint density at radius 2 is 1.69 bits per heavy atom. The maximum absolute atomic E-state index is 12.8. The van der Waals surface area contributed by atoms with Gasteiger partial charge in [0, 0.05) is 28.6 Å². The molecule has 1 amide bonds. The number of hydrogen-bond acceptors (Lipinski definition) is 2. The minimum absolute atomic E-state index is 0.0346. The summed E-state index contributed by atoms with van der Waals surface area (Å²) in [5, 5.41) is 3.06. The standard InChI is InChI=1S/C23H26N2O/c1-15-4-2-3-5-20(15)25-22(26)19-6-7-24-21(11-19)23-12-16-8-17(13-23)10-18(9-16)14-23/h2-7,11,16-18H,8-10,12-14H2,1H3,(H,25,26). The van der Waals surface area contributed by atoms with Gasteiger partial charge in [-0.25, -0.2) is 0 Å². The number of aromatic nitrogens is 1. The van der Waals surface area contributed by atoms with Gasteiger partial charge in [-0.1, -0.05) is 18.2 Å². The first-order valence-electron chi connectivity index (χ1n) is 9.95. The average Bonchev–Trinajstić information content (AvgIpc) is 2.63. The molecule has 4 bridgehead atoms. The van der Waals surface area contributed by atoms with Crippen LogP contribution < -0.4 is 5.32 Å². The highest BCUT2D eigenvalue weighted by molar-refractivity contribution is 6.04. The first-order chi connectivity index (χ1) is 12.6. The normalized spacial score (nSPS) is 31.8. The molecule has 4 aliphatic carbocycles. The first kappa shape index (κ1) is 16.0. The molecule has 0 saturated heterocycles. The Morgan fingerprint density at radius 1 is 1.04 bits per heavy atom. The van der Waals surface area contributed by atoms with Crippen molar-refractivity contribution in [3.05, 3.63) is 59.4 Å². The van der Waals surface area contributed by atoms with E-state index in [1.54, 1.807) is 0 Å². The van der Waals surface area contributed by atoms with Gasteiger partial charge in [0.25, 0.3) is 5.91 Å². The van der Waals surface area contributed by atoms with Crippen LogP contribution in [0.1, 0.15) is 60.1 Å². The highest BCUT2D eigenvalue weighted by Gasteiger charge is 2.52. The van der Waals surface area contributed by atoms with Crippen molar-refractivity contribution in [2.45, 2.75) is 50.9 Å². The van der Waals surface area contributed by atoms with Gasteiger partial charge in [0.1, 0.15) is 0 Å². The molecule has 4 fully saturated rings. The molecular weight excluding hydrogens is 320 g/mol. The average molecular weight is 346 g/mol. The Bertz CT molecular complexity index is 822. The quantitative estimate of drug-likeness (QED) is 0.839. The highest BCUT2D eigenvalue weighted by atomic mass is 16.1. The van der Waals surface area contributed by atoms with Crippen molar-refractivity contribution < 1.29 is 4.79 Å². The van der Waals surface area contributed by atoms with E-state index in [-0.39, 0.29) is 11.3 Å². The summed E-state index contributed by atoms with van der Waals surface area (Å²) in [4.78, 5) is 17.6. The molecule has 1 N–H and O–H groups in total. The zero-order valence-electron chi connectivity index (χ0n) is 15.4. The summed E-state index contributed by atoms with van der Waals surface area (Å²) in [6.07, 6.45) is 9.92. The van der Waals surface area contributed by atoms with Gasteiger partial charge >= 0.3 is 0 Å². The van der Waals surface area contributed by atoms with Crippen LogP contribution in [0.2, 0.25) is 0 Å². The second kappa shape index (κ2) is 5.94. The Morgan fingerprint density at radius 3 is 2.35 bits per heavy atom. The number of benzene rings is 1. The predicted octanol–water partition coefficient (Wildman–Crippen LogP) is 5.11. The second-order valence-electron chi connectivity index (χ2n) is 8.90. The van der Waals surface area contributed by atoms with E-state index >= 15 is 0 Å².